The van der Waals surface area contributed by atoms with Gasteiger partial charge in [0, 0.05) is 12.6 Å². The Labute approximate surface area is 145 Å². The summed E-state index contributed by atoms with van der Waals surface area (Å²) in [6.45, 7) is 5.68. The fourth-order valence-electron chi connectivity index (χ4n) is 2.07. The fraction of sp³-hybridized carbons (Fsp3) is 0.211. The number of halogens is 3. The largest absolute Gasteiger partial charge is 0.355 e. The molecule has 0 aromatic heterocycles. The minimum Gasteiger partial charge on any atom is -0.355 e. The quantitative estimate of drug-likeness (QED) is 0.801. The highest BCUT2D eigenvalue weighted by molar-refractivity contribution is 6.02. The van der Waals surface area contributed by atoms with Crippen molar-refractivity contribution >= 4 is 17.3 Å². The number of terminal acetylenes is 1. The highest BCUT2D eigenvalue weighted by atomic mass is 19.2. The van der Waals surface area contributed by atoms with Gasteiger partial charge in [-0.25, -0.2) is 13.2 Å². The molecule has 0 heterocycles. The molecule has 1 amide bonds. The summed E-state index contributed by atoms with van der Waals surface area (Å²) in [4.78, 5) is 12.0. The van der Waals surface area contributed by atoms with Crippen LogP contribution >= 0.6 is 0 Å². The fourth-order valence-corrected chi connectivity index (χ4v) is 2.07. The summed E-state index contributed by atoms with van der Waals surface area (Å²) in [7, 11) is 1.32. The molecule has 0 spiro atoms. The van der Waals surface area contributed by atoms with Gasteiger partial charge in [0.05, 0.1) is 16.9 Å². The molecule has 0 saturated carbocycles. The van der Waals surface area contributed by atoms with Gasteiger partial charge in [-0.05, 0) is 30.7 Å². The third-order valence-electron chi connectivity index (χ3n) is 3.21. The summed E-state index contributed by atoms with van der Waals surface area (Å²) in [5.74, 6) is -1.81. The summed E-state index contributed by atoms with van der Waals surface area (Å²) < 4.78 is 41.8. The normalized spacial score (nSPS) is 9.52. The van der Waals surface area contributed by atoms with Crippen LogP contribution < -0.4 is 10.6 Å². The van der Waals surface area contributed by atoms with Crippen molar-refractivity contribution in [2.75, 3.05) is 12.4 Å². The van der Waals surface area contributed by atoms with Crippen LogP contribution in [0.25, 0.3) is 0 Å². The molecule has 6 heteroatoms. The number of carbonyl (C=O) groups excluding carboxylic acids is 1. The molecule has 2 aromatic carbocycles. The number of carbonyl (C=O) groups is 1. The Kier molecular flexibility index (Phi) is 7.06. The summed E-state index contributed by atoms with van der Waals surface area (Å²) in [5, 5.41) is 4.72. The first-order valence-electron chi connectivity index (χ1n) is 7.63. The first kappa shape index (κ1) is 20.1. The van der Waals surface area contributed by atoms with Crippen LogP contribution in [0.1, 0.15) is 35.3 Å². The predicted molar refractivity (Wildman–Crippen MR) is 93.5 cm³/mol. The Morgan fingerprint density at radius 3 is 2.28 bits per heavy atom. The molecule has 3 nitrogen and oxygen atoms in total. The highest BCUT2D eigenvalue weighted by Gasteiger charge is 2.23. The van der Waals surface area contributed by atoms with Gasteiger partial charge in [0.2, 0.25) is 0 Å². The van der Waals surface area contributed by atoms with Crippen molar-refractivity contribution in [3.8, 4) is 12.3 Å². The number of nitrogens with one attached hydrogen (secondary N) is 2. The first-order valence-corrected chi connectivity index (χ1v) is 7.63. The van der Waals surface area contributed by atoms with Crippen LogP contribution in [-0.2, 0) is 0 Å². The summed E-state index contributed by atoms with van der Waals surface area (Å²) in [6, 6.07) is 4.92. The molecule has 0 saturated heterocycles. The lowest BCUT2D eigenvalue weighted by atomic mass is 10.0. The molecule has 25 heavy (non-hydrogen) atoms. The number of rotatable bonds is 3. The molecule has 132 valence electrons. The Bertz CT molecular complexity index is 826. The smallest absolute Gasteiger partial charge is 0.254 e. The molecule has 0 fully saturated rings. The highest BCUT2D eigenvalue weighted by Crippen LogP contribution is 2.30. The molecule has 0 unspecified atom stereocenters. The second kappa shape index (κ2) is 8.78. The van der Waals surface area contributed by atoms with E-state index >= 15 is 0 Å². The zero-order valence-electron chi connectivity index (χ0n) is 14.4. The van der Waals surface area contributed by atoms with E-state index in [9.17, 15) is 18.0 Å². The van der Waals surface area contributed by atoms with Gasteiger partial charge in [0.25, 0.3) is 5.91 Å². The number of aryl methyl sites for hydroxylation is 1. The van der Waals surface area contributed by atoms with Gasteiger partial charge in [-0.3, -0.25) is 4.79 Å². The van der Waals surface area contributed by atoms with Crippen molar-refractivity contribution in [3.05, 3.63) is 58.4 Å². The molecule has 0 atom stereocenters. The van der Waals surface area contributed by atoms with E-state index in [2.05, 4.69) is 16.6 Å². The lowest BCUT2D eigenvalue weighted by Gasteiger charge is -2.15. The van der Waals surface area contributed by atoms with Crippen molar-refractivity contribution in [1.29, 1.82) is 0 Å². The minimum atomic E-state index is -1.32. The van der Waals surface area contributed by atoms with Crippen LogP contribution in [0.15, 0.2) is 24.3 Å². The Morgan fingerprint density at radius 1 is 1.12 bits per heavy atom. The van der Waals surface area contributed by atoms with E-state index in [4.69, 9.17) is 6.42 Å². The number of hydrogen-bond donors (Lipinski definition) is 2. The Morgan fingerprint density at radius 2 is 1.76 bits per heavy atom. The number of hydrogen-bond acceptors (Lipinski definition) is 2. The van der Waals surface area contributed by atoms with E-state index in [1.807, 2.05) is 13.8 Å². The van der Waals surface area contributed by atoms with Crippen molar-refractivity contribution in [2.24, 2.45) is 0 Å². The SMILES string of the molecule is C#Cc1cc(F)c(F)c(Nc2ccc(C)cc2F)c1C(=O)NC.CC. The Hall–Kier alpha value is -2.94. The maximum absolute atomic E-state index is 14.2. The molecule has 0 aliphatic carbocycles. The van der Waals surface area contributed by atoms with Gasteiger partial charge in [-0.1, -0.05) is 25.8 Å². The molecule has 2 rings (SSSR count). The van der Waals surface area contributed by atoms with Gasteiger partial charge >= 0.3 is 0 Å². The zero-order valence-corrected chi connectivity index (χ0v) is 14.4. The maximum Gasteiger partial charge on any atom is 0.254 e. The monoisotopic (exact) mass is 348 g/mol. The van der Waals surface area contributed by atoms with Crippen LogP contribution in [0, 0.1) is 36.7 Å². The van der Waals surface area contributed by atoms with E-state index < -0.39 is 29.0 Å². The lowest BCUT2D eigenvalue weighted by Crippen LogP contribution is -2.22. The van der Waals surface area contributed by atoms with Gasteiger partial charge in [-0.15, -0.1) is 6.42 Å². The van der Waals surface area contributed by atoms with Gasteiger partial charge < -0.3 is 10.6 Å². The topological polar surface area (TPSA) is 41.1 Å². The number of anilines is 2. The minimum absolute atomic E-state index is 0.103. The van der Waals surface area contributed by atoms with Crippen molar-refractivity contribution in [3.63, 3.8) is 0 Å². The molecule has 0 radical (unpaired) electrons. The number of amides is 1. The standard InChI is InChI=1S/C17H13F3N2O.C2H6/c1-4-10-8-12(19)15(20)16(14(10)17(23)21-3)22-13-6-5-9(2)7-11(13)18;1-2/h1,5-8,22H,2-3H3,(H,21,23);1-2H3. The first-order chi connectivity index (χ1) is 11.9. The molecular weight excluding hydrogens is 329 g/mol. The third-order valence-corrected chi connectivity index (χ3v) is 3.21. The summed E-state index contributed by atoms with van der Waals surface area (Å²) in [6.07, 6.45) is 5.25. The van der Waals surface area contributed by atoms with E-state index in [0.717, 1.165) is 6.07 Å². The molecular formula is C19H19F3N2O. The Balaban J connectivity index is 0.00000151. The van der Waals surface area contributed by atoms with E-state index in [1.165, 1.54) is 19.2 Å². The van der Waals surface area contributed by atoms with Gasteiger partial charge in [0.15, 0.2) is 11.6 Å². The van der Waals surface area contributed by atoms with Crippen molar-refractivity contribution < 1.29 is 18.0 Å². The van der Waals surface area contributed by atoms with Gasteiger partial charge in [0.1, 0.15) is 5.82 Å². The van der Waals surface area contributed by atoms with Crippen LogP contribution in [0.4, 0.5) is 24.5 Å². The third kappa shape index (κ3) is 4.32. The van der Waals surface area contributed by atoms with E-state index in [-0.39, 0.29) is 16.8 Å². The predicted octanol–water partition coefficient (Wildman–Crippen LogP) is 4.52. The molecule has 0 aliphatic rings. The maximum atomic E-state index is 14.2. The van der Waals surface area contributed by atoms with Gasteiger partial charge in [-0.2, -0.15) is 0 Å². The molecule has 0 aliphatic heterocycles. The molecule has 0 bridgehead atoms. The van der Waals surface area contributed by atoms with Crippen LogP contribution in [-0.4, -0.2) is 13.0 Å². The molecule has 2 N–H and O–H groups in total. The lowest BCUT2D eigenvalue weighted by molar-refractivity contribution is 0.0963. The van der Waals surface area contributed by atoms with E-state index in [0.29, 0.717) is 5.56 Å². The summed E-state index contributed by atoms with van der Waals surface area (Å²) in [5.41, 5.74) is -0.371. The average molecular weight is 348 g/mol. The van der Waals surface area contributed by atoms with Crippen LogP contribution in [0.2, 0.25) is 0 Å². The van der Waals surface area contributed by atoms with E-state index in [1.54, 1.807) is 13.0 Å². The summed E-state index contributed by atoms with van der Waals surface area (Å²) >= 11 is 0. The van der Waals surface area contributed by atoms with Crippen molar-refractivity contribution in [1.82, 2.24) is 5.32 Å². The zero-order chi connectivity index (χ0) is 19.1. The second-order valence-electron chi connectivity index (χ2n) is 4.80. The van der Waals surface area contributed by atoms with Crippen LogP contribution in [0.3, 0.4) is 0 Å². The second-order valence-corrected chi connectivity index (χ2v) is 4.80. The van der Waals surface area contributed by atoms with Crippen molar-refractivity contribution in [2.45, 2.75) is 20.8 Å². The van der Waals surface area contributed by atoms with Crippen LogP contribution in [0.5, 0.6) is 0 Å². The average Bonchev–Trinajstić information content (AvgIpc) is 2.61. The number of benzene rings is 2. The molecule has 2 aromatic rings.